The van der Waals surface area contributed by atoms with Crippen LogP contribution in [0.15, 0.2) is 24.3 Å². The molecule has 1 aromatic rings. The predicted octanol–water partition coefficient (Wildman–Crippen LogP) is 2.37. The maximum absolute atomic E-state index is 5.72. The molecule has 0 radical (unpaired) electrons. The van der Waals surface area contributed by atoms with E-state index >= 15 is 0 Å². The van der Waals surface area contributed by atoms with E-state index < -0.39 is 0 Å². The normalized spacial score (nSPS) is 12.5. The quantitative estimate of drug-likeness (QED) is 0.779. The van der Waals surface area contributed by atoms with E-state index in [0.29, 0.717) is 0 Å². The summed E-state index contributed by atoms with van der Waals surface area (Å²) in [6, 6.07) is 8.41. The highest BCUT2D eigenvalue weighted by Crippen LogP contribution is 2.19. The van der Waals surface area contributed by atoms with E-state index in [0.717, 1.165) is 25.2 Å². The summed E-state index contributed by atoms with van der Waals surface area (Å²) in [7, 11) is 0. The molecule has 1 aromatic carbocycles. The summed E-state index contributed by atoms with van der Waals surface area (Å²) in [4.78, 5) is 0. The van der Waals surface area contributed by atoms with Crippen molar-refractivity contribution in [3.63, 3.8) is 0 Å². The van der Waals surface area contributed by atoms with Gasteiger partial charge in [-0.3, -0.25) is 0 Å². The molecule has 0 aromatic heterocycles. The van der Waals surface area contributed by atoms with Crippen molar-refractivity contribution in [2.45, 2.75) is 32.7 Å². The smallest absolute Gasteiger partial charge is 0.122 e. The van der Waals surface area contributed by atoms with Crippen LogP contribution < -0.4 is 10.5 Å². The number of aryl methyl sites for hydroxylation is 1. The molecule has 2 heteroatoms. The van der Waals surface area contributed by atoms with Crippen molar-refractivity contribution in [1.29, 1.82) is 0 Å². The summed E-state index contributed by atoms with van der Waals surface area (Å²) in [5, 5.41) is 0. The zero-order valence-electron chi connectivity index (χ0n) is 8.99. The Hall–Kier alpha value is -1.02. The van der Waals surface area contributed by atoms with E-state index in [4.69, 9.17) is 10.5 Å². The SMILES string of the molecule is CCOc1ccccc1CC[C@H](C)N. The van der Waals surface area contributed by atoms with Crippen LogP contribution in [0.1, 0.15) is 25.8 Å². The average molecular weight is 193 g/mol. The van der Waals surface area contributed by atoms with Crippen LogP contribution in [0.4, 0.5) is 0 Å². The molecule has 0 aliphatic heterocycles. The first-order chi connectivity index (χ1) is 6.74. The van der Waals surface area contributed by atoms with Crippen molar-refractivity contribution in [2.24, 2.45) is 5.73 Å². The summed E-state index contributed by atoms with van der Waals surface area (Å²) >= 11 is 0. The van der Waals surface area contributed by atoms with Gasteiger partial charge in [0.15, 0.2) is 0 Å². The summed E-state index contributed by atoms with van der Waals surface area (Å²) in [5.41, 5.74) is 6.98. The molecule has 0 saturated carbocycles. The lowest BCUT2D eigenvalue weighted by molar-refractivity contribution is 0.336. The van der Waals surface area contributed by atoms with Gasteiger partial charge < -0.3 is 10.5 Å². The third-order valence-corrected chi connectivity index (χ3v) is 2.14. The van der Waals surface area contributed by atoms with Crippen LogP contribution >= 0.6 is 0 Å². The molecule has 2 N–H and O–H groups in total. The molecule has 0 amide bonds. The van der Waals surface area contributed by atoms with Gasteiger partial charge in [0.25, 0.3) is 0 Å². The molecule has 0 spiro atoms. The Balaban J connectivity index is 2.64. The van der Waals surface area contributed by atoms with Crippen molar-refractivity contribution in [1.82, 2.24) is 0 Å². The molecular formula is C12H19NO. The van der Waals surface area contributed by atoms with E-state index in [9.17, 15) is 0 Å². The van der Waals surface area contributed by atoms with Gasteiger partial charge in [-0.2, -0.15) is 0 Å². The molecule has 0 heterocycles. The number of hydrogen-bond acceptors (Lipinski definition) is 2. The number of benzene rings is 1. The fourth-order valence-corrected chi connectivity index (χ4v) is 1.39. The third kappa shape index (κ3) is 3.38. The zero-order valence-corrected chi connectivity index (χ0v) is 8.99. The van der Waals surface area contributed by atoms with Crippen LogP contribution in [0.5, 0.6) is 5.75 Å². The first-order valence-corrected chi connectivity index (χ1v) is 5.20. The number of para-hydroxylation sites is 1. The first kappa shape index (κ1) is 11.1. The summed E-state index contributed by atoms with van der Waals surface area (Å²) in [6.07, 6.45) is 2.00. The molecule has 14 heavy (non-hydrogen) atoms. The fraction of sp³-hybridized carbons (Fsp3) is 0.500. The molecule has 0 bridgehead atoms. The Kier molecular flexibility index (Phi) is 4.47. The molecule has 1 atom stereocenters. The topological polar surface area (TPSA) is 35.2 Å². The van der Waals surface area contributed by atoms with Crippen molar-refractivity contribution < 1.29 is 4.74 Å². The molecule has 0 unspecified atom stereocenters. The highest BCUT2D eigenvalue weighted by Gasteiger charge is 2.03. The van der Waals surface area contributed by atoms with Gasteiger partial charge in [0.2, 0.25) is 0 Å². The van der Waals surface area contributed by atoms with Crippen LogP contribution in [-0.2, 0) is 6.42 Å². The lowest BCUT2D eigenvalue weighted by Crippen LogP contribution is -2.15. The Labute approximate surface area is 86.1 Å². The van der Waals surface area contributed by atoms with Crippen molar-refractivity contribution in [2.75, 3.05) is 6.61 Å². The van der Waals surface area contributed by atoms with Crippen LogP contribution in [0.25, 0.3) is 0 Å². The minimum atomic E-state index is 0.254. The van der Waals surface area contributed by atoms with Crippen LogP contribution in [-0.4, -0.2) is 12.6 Å². The monoisotopic (exact) mass is 193 g/mol. The molecular weight excluding hydrogens is 174 g/mol. The van der Waals surface area contributed by atoms with E-state index in [1.165, 1.54) is 5.56 Å². The Bertz CT molecular complexity index is 271. The highest BCUT2D eigenvalue weighted by molar-refractivity contribution is 5.33. The van der Waals surface area contributed by atoms with Crippen LogP contribution in [0, 0.1) is 0 Å². The van der Waals surface area contributed by atoms with Gasteiger partial charge in [-0.15, -0.1) is 0 Å². The molecule has 1 rings (SSSR count). The average Bonchev–Trinajstić information content (AvgIpc) is 2.17. The Morgan fingerprint density at radius 3 is 2.71 bits per heavy atom. The summed E-state index contributed by atoms with van der Waals surface area (Å²) < 4.78 is 5.53. The molecule has 2 nitrogen and oxygen atoms in total. The zero-order chi connectivity index (χ0) is 10.4. The third-order valence-electron chi connectivity index (χ3n) is 2.14. The second-order valence-corrected chi connectivity index (χ2v) is 3.56. The van der Waals surface area contributed by atoms with Crippen molar-refractivity contribution in [3.05, 3.63) is 29.8 Å². The molecule has 0 aliphatic carbocycles. The van der Waals surface area contributed by atoms with Crippen molar-refractivity contribution >= 4 is 0 Å². The number of nitrogens with two attached hydrogens (primary N) is 1. The van der Waals surface area contributed by atoms with E-state index in [-0.39, 0.29) is 6.04 Å². The van der Waals surface area contributed by atoms with Gasteiger partial charge in [-0.25, -0.2) is 0 Å². The molecule has 0 saturated heterocycles. The molecule has 0 aliphatic rings. The Morgan fingerprint density at radius 2 is 2.07 bits per heavy atom. The van der Waals surface area contributed by atoms with Gasteiger partial charge in [-0.1, -0.05) is 18.2 Å². The summed E-state index contributed by atoms with van der Waals surface area (Å²) in [6.45, 7) is 4.75. The van der Waals surface area contributed by atoms with Gasteiger partial charge >= 0.3 is 0 Å². The minimum Gasteiger partial charge on any atom is -0.494 e. The largest absolute Gasteiger partial charge is 0.494 e. The minimum absolute atomic E-state index is 0.254. The van der Waals surface area contributed by atoms with E-state index in [1.807, 2.05) is 32.0 Å². The number of rotatable bonds is 5. The second kappa shape index (κ2) is 5.66. The van der Waals surface area contributed by atoms with Crippen LogP contribution in [0.3, 0.4) is 0 Å². The van der Waals surface area contributed by atoms with E-state index in [2.05, 4.69) is 6.07 Å². The second-order valence-electron chi connectivity index (χ2n) is 3.56. The lowest BCUT2D eigenvalue weighted by Gasteiger charge is -2.10. The van der Waals surface area contributed by atoms with Gasteiger partial charge in [0.05, 0.1) is 6.61 Å². The maximum Gasteiger partial charge on any atom is 0.122 e. The number of hydrogen-bond donors (Lipinski definition) is 1. The van der Waals surface area contributed by atoms with Gasteiger partial charge in [0, 0.05) is 6.04 Å². The molecule has 78 valence electrons. The lowest BCUT2D eigenvalue weighted by atomic mass is 10.1. The van der Waals surface area contributed by atoms with Gasteiger partial charge in [0.1, 0.15) is 5.75 Å². The standard InChI is InChI=1S/C12H19NO/c1-3-14-12-7-5-4-6-11(12)9-8-10(2)13/h4-7,10H,3,8-9,13H2,1-2H3/t10-/m0/s1. The van der Waals surface area contributed by atoms with Crippen molar-refractivity contribution in [3.8, 4) is 5.75 Å². The van der Waals surface area contributed by atoms with E-state index in [1.54, 1.807) is 0 Å². The summed E-state index contributed by atoms with van der Waals surface area (Å²) in [5.74, 6) is 0.996. The number of ether oxygens (including phenoxy) is 1. The maximum atomic E-state index is 5.72. The highest BCUT2D eigenvalue weighted by atomic mass is 16.5. The first-order valence-electron chi connectivity index (χ1n) is 5.20. The fourth-order valence-electron chi connectivity index (χ4n) is 1.39. The molecule has 0 fully saturated rings. The van der Waals surface area contributed by atoms with Gasteiger partial charge in [-0.05, 0) is 38.3 Å². The Morgan fingerprint density at radius 1 is 1.36 bits per heavy atom. The predicted molar refractivity (Wildman–Crippen MR) is 59.6 cm³/mol. The van der Waals surface area contributed by atoms with Crippen LogP contribution in [0.2, 0.25) is 0 Å².